The summed E-state index contributed by atoms with van der Waals surface area (Å²) >= 11 is 0. The molecule has 244 valence electrons. The van der Waals surface area contributed by atoms with Crippen molar-refractivity contribution < 1.29 is 13.3 Å². The first-order chi connectivity index (χ1) is 25.8. The molecule has 0 spiro atoms. The minimum Gasteiger partial charge on any atom is -0.456 e. The van der Waals surface area contributed by atoms with Crippen LogP contribution in [0.25, 0.3) is 88.1 Å². The quantitative estimate of drug-likeness (QED) is 0.183. The van der Waals surface area contributed by atoms with Gasteiger partial charge in [0, 0.05) is 43.7 Å². The Morgan fingerprint density at radius 1 is 0.327 bits per heavy atom. The second-order valence-electron chi connectivity index (χ2n) is 13.2. The van der Waals surface area contributed by atoms with Gasteiger partial charge < -0.3 is 18.2 Å². The van der Waals surface area contributed by atoms with Crippen LogP contribution in [-0.2, 0) is 0 Å². The summed E-state index contributed by atoms with van der Waals surface area (Å²) in [7, 11) is 0. The monoisotopic (exact) mass is 667 g/mol. The lowest BCUT2D eigenvalue weighted by Gasteiger charge is -2.25. The lowest BCUT2D eigenvalue weighted by molar-refractivity contribution is 0.668. The number of anilines is 3. The van der Waals surface area contributed by atoms with Crippen LogP contribution in [0.1, 0.15) is 0 Å². The molecule has 0 aliphatic rings. The summed E-state index contributed by atoms with van der Waals surface area (Å²) in [5.41, 5.74) is 12.7. The molecule has 11 rings (SSSR count). The molecule has 0 unspecified atom stereocenters. The molecule has 0 aliphatic carbocycles. The highest BCUT2D eigenvalue weighted by molar-refractivity contribution is 6.21. The minimum atomic E-state index is 0.843. The summed E-state index contributed by atoms with van der Waals surface area (Å²) in [6.45, 7) is 0. The molecule has 3 aromatic heterocycles. The van der Waals surface area contributed by atoms with Gasteiger partial charge in [0.15, 0.2) is 5.58 Å². The molecule has 52 heavy (non-hydrogen) atoms. The van der Waals surface area contributed by atoms with Crippen LogP contribution in [0.2, 0.25) is 0 Å². The van der Waals surface area contributed by atoms with Crippen LogP contribution in [0.15, 0.2) is 189 Å². The average molecular weight is 668 g/mol. The summed E-state index contributed by atoms with van der Waals surface area (Å²) in [4.78, 5) is 2.26. The van der Waals surface area contributed by atoms with E-state index < -0.39 is 0 Å². The molecule has 0 N–H and O–H groups in total. The summed E-state index contributed by atoms with van der Waals surface area (Å²) in [6.07, 6.45) is 0. The zero-order valence-corrected chi connectivity index (χ0v) is 27.9. The second-order valence-corrected chi connectivity index (χ2v) is 13.2. The van der Waals surface area contributed by atoms with Gasteiger partial charge in [-0.05, 0) is 89.0 Å². The van der Waals surface area contributed by atoms with Crippen molar-refractivity contribution in [3.8, 4) is 22.3 Å². The van der Waals surface area contributed by atoms with Crippen molar-refractivity contribution in [1.29, 1.82) is 0 Å². The highest BCUT2D eigenvalue weighted by Gasteiger charge is 2.22. The highest BCUT2D eigenvalue weighted by atomic mass is 16.3. The molecular weight excluding hydrogens is 639 g/mol. The minimum absolute atomic E-state index is 0.843. The highest BCUT2D eigenvalue weighted by Crippen LogP contribution is 2.46. The molecule has 11 aromatic rings. The van der Waals surface area contributed by atoms with Crippen molar-refractivity contribution in [2.75, 3.05) is 4.90 Å². The maximum atomic E-state index is 6.79. The zero-order valence-electron chi connectivity index (χ0n) is 27.9. The summed E-state index contributed by atoms with van der Waals surface area (Å²) in [5.74, 6) is 0. The van der Waals surface area contributed by atoms with E-state index in [9.17, 15) is 0 Å². The fraction of sp³-hybridized carbons (Fsp3) is 0. The first-order valence-corrected chi connectivity index (χ1v) is 17.5. The number of nitrogens with zero attached hydrogens (tertiary/aromatic N) is 1. The number of hydrogen-bond acceptors (Lipinski definition) is 4. The lowest BCUT2D eigenvalue weighted by Crippen LogP contribution is -2.09. The molecular formula is C48H29NO3. The number of benzene rings is 8. The van der Waals surface area contributed by atoms with Gasteiger partial charge in [-0.3, -0.25) is 0 Å². The Balaban J connectivity index is 1.13. The molecule has 8 aromatic carbocycles. The van der Waals surface area contributed by atoms with E-state index in [4.69, 9.17) is 13.3 Å². The van der Waals surface area contributed by atoms with E-state index in [0.717, 1.165) is 105 Å². The topological polar surface area (TPSA) is 42.7 Å². The Kier molecular flexibility index (Phi) is 6.22. The lowest BCUT2D eigenvalue weighted by atomic mass is 9.94. The van der Waals surface area contributed by atoms with Gasteiger partial charge in [-0.2, -0.15) is 0 Å². The Bertz CT molecular complexity index is 3090. The maximum absolute atomic E-state index is 6.79. The molecule has 3 heterocycles. The third-order valence-corrected chi connectivity index (χ3v) is 10.3. The number of fused-ring (bicyclic) bond motifs is 9. The van der Waals surface area contributed by atoms with Gasteiger partial charge in [-0.25, -0.2) is 0 Å². The number of para-hydroxylation sites is 4. The Morgan fingerprint density at radius 3 is 1.52 bits per heavy atom. The van der Waals surface area contributed by atoms with E-state index in [1.54, 1.807) is 0 Å². The molecule has 0 bridgehead atoms. The van der Waals surface area contributed by atoms with Gasteiger partial charge in [-0.1, -0.05) is 109 Å². The van der Waals surface area contributed by atoms with Crippen LogP contribution in [0.3, 0.4) is 0 Å². The van der Waals surface area contributed by atoms with Crippen LogP contribution < -0.4 is 4.90 Å². The average Bonchev–Trinajstić information content (AvgIpc) is 3.90. The smallest absolute Gasteiger partial charge is 0.159 e. The van der Waals surface area contributed by atoms with Crippen LogP contribution >= 0.6 is 0 Å². The van der Waals surface area contributed by atoms with E-state index in [1.807, 2.05) is 30.3 Å². The van der Waals surface area contributed by atoms with Gasteiger partial charge in [0.25, 0.3) is 0 Å². The fourth-order valence-electron chi connectivity index (χ4n) is 8.05. The first kappa shape index (κ1) is 28.8. The molecule has 0 radical (unpaired) electrons. The van der Waals surface area contributed by atoms with Gasteiger partial charge >= 0.3 is 0 Å². The van der Waals surface area contributed by atoms with Gasteiger partial charge in [0.2, 0.25) is 0 Å². The normalized spacial score (nSPS) is 11.8. The Labute approximate surface area is 298 Å². The third kappa shape index (κ3) is 4.28. The molecule has 0 saturated heterocycles. The predicted octanol–water partition coefficient (Wildman–Crippen LogP) is 14.2. The third-order valence-electron chi connectivity index (χ3n) is 10.3. The number of furan rings is 3. The van der Waals surface area contributed by atoms with Gasteiger partial charge in [0.1, 0.15) is 27.9 Å². The summed E-state index contributed by atoms with van der Waals surface area (Å²) < 4.78 is 19.6. The van der Waals surface area contributed by atoms with Crippen molar-refractivity contribution in [3.63, 3.8) is 0 Å². The van der Waals surface area contributed by atoms with Crippen LogP contribution in [0.5, 0.6) is 0 Å². The van der Waals surface area contributed by atoms with E-state index in [1.165, 1.54) is 0 Å². The standard InChI is InChI=1S/C48H29NO3/c1-3-13-31(14-4-1)49(32-15-5-2-6-16-32)39-22-9-21-37-45-33(18-10-26-44(45)52-48(37)39)30-27-28-41-38(29-30)47-35(20-12-25-43(47)51-41)34-19-11-24-42-46(34)36-17-7-8-23-40(36)50-42/h1-29H. The van der Waals surface area contributed by atoms with Gasteiger partial charge in [-0.15, -0.1) is 0 Å². The summed E-state index contributed by atoms with van der Waals surface area (Å²) in [6, 6.07) is 61.1. The van der Waals surface area contributed by atoms with Crippen molar-refractivity contribution >= 4 is 82.9 Å². The molecule has 0 saturated carbocycles. The van der Waals surface area contributed by atoms with Crippen LogP contribution in [0, 0.1) is 0 Å². The van der Waals surface area contributed by atoms with Crippen LogP contribution in [-0.4, -0.2) is 0 Å². The Morgan fingerprint density at radius 2 is 0.827 bits per heavy atom. The molecule has 0 atom stereocenters. The van der Waals surface area contributed by atoms with Crippen LogP contribution in [0.4, 0.5) is 17.1 Å². The number of rotatable bonds is 5. The van der Waals surface area contributed by atoms with Gasteiger partial charge in [0.05, 0.1) is 5.69 Å². The zero-order chi connectivity index (χ0) is 34.2. The maximum Gasteiger partial charge on any atom is 0.159 e. The van der Waals surface area contributed by atoms with Crippen molar-refractivity contribution in [2.24, 2.45) is 0 Å². The van der Waals surface area contributed by atoms with Crippen molar-refractivity contribution in [1.82, 2.24) is 0 Å². The second kappa shape index (κ2) is 11.2. The van der Waals surface area contributed by atoms with Crippen molar-refractivity contribution in [3.05, 3.63) is 176 Å². The van der Waals surface area contributed by atoms with E-state index in [2.05, 4.69) is 150 Å². The molecule has 0 amide bonds. The van der Waals surface area contributed by atoms with E-state index >= 15 is 0 Å². The summed E-state index contributed by atoms with van der Waals surface area (Å²) in [5, 5.41) is 6.53. The van der Waals surface area contributed by atoms with E-state index in [-0.39, 0.29) is 0 Å². The molecule has 4 heteroatoms. The number of hydrogen-bond donors (Lipinski definition) is 0. The molecule has 0 fully saturated rings. The molecule has 0 aliphatic heterocycles. The first-order valence-electron chi connectivity index (χ1n) is 17.5. The fourth-order valence-corrected chi connectivity index (χ4v) is 8.05. The SMILES string of the molecule is c1ccc(N(c2ccccc2)c2cccc3c2oc2cccc(-c4ccc5oc6cccc(-c7cccc8oc9ccccc9c78)c6c5c4)c23)cc1. The molecule has 4 nitrogen and oxygen atoms in total. The largest absolute Gasteiger partial charge is 0.456 e. The van der Waals surface area contributed by atoms with E-state index in [0.29, 0.717) is 0 Å². The van der Waals surface area contributed by atoms with Crippen molar-refractivity contribution in [2.45, 2.75) is 0 Å². The predicted molar refractivity (Wildman–Crippen MR) is 214 cm³/mol. The Hall–Kier alpha value is -7.04.